The van der Waals surface area contributed by atoms with Crippen LogP contribution in [0.4, 0.5) is 18.9 Å². The zero-order valence-electron chi connectivity index (χ0n) is 17.6. The second kappa shape index (κ2) is 9.39. The van der Waals surface area contributed by atoms with Crippen LogP contribution >= 0.6 is 11.6 Å². The molecular weight excluding hydrogens is 455 g/mol. The predicted molar refractivity (Wildman–Crippen MR) is 118 cm³/mol. The van der Waals surface area contributed by atoms with Gasteiger partial charge in [0.25, 0.3) is 0 Å². The summed E-state index contributed by atoms with van der Waals surface area (Å²) in [6.07, 6.45) is -1.63. The van der Waals surface area contributed by atoms with Gasteiger partial charge < -0.3 is 5.32 Å². The summed E-state index contributed by atoms with van der Waals surface area (Å²) < 4.78 is 41.7. The van der Waals surface area contributed by atoms with Gasteiger partial charge in [-0.3, -0.25) is 14.3 Å². The number of carbonyl (C=O) groups is 2. The molecule has 1 heterocycles. The van der Waals surface area contributed by atoms with Crippen LogP contribution in [-0.2, 0) is 30.4 Å². The lowest BCUT2D eigenvalue weighted by atomic mass is 10.0. The van der Waals surface area contributed by atoms with Gasteiger partial charge in [-0.25, -0.2) is 0 Å². The Labute approximate surface area is 193 Å². The SMILES string of the molecule is O=C(Cn1nc(C(F)(F)F)c2c1CCCCC2)Nc1ccc(Cl)cc1C(=O)c1ccccc1. The Morgan fingerprint density at radius 1 is 1.03 bits per heavy atom. The van der Waals surface area contributed by atoms with E-state index in [4.69, 9.17) is 11.6 Å². The normalized spacial score (nSPS) is 13.8. The topological polar surface area (TPSA) is 64.0 Å². The number of amides is 1. The Kier molecular flexibility index (Phi) is 6.56. The van der Waals surface area contributed by atoms with Gasteiger partial charge in [0.2, 0.25) is 5.91 Å². The molecule has 9 heteroatoms. The summed E-state index contributed by atoms with van der Waals surface area (Å²) in [5.74, 6) is -0.914. The third kappa shape index (κ3) is 5.11. The van der Waals surface area contributed by atoms with Crippen LogP contribution < -0.4 is 5.32 Å². The molecule has 0 saturated heterocycles. The average molecular weight is 476 g/mol. The van der Waals surface area contributed by atoms with Crippen molar-refractivity contribution >= 4 is 29.0 Å². The van der Waals surface area contributed by atoms with Crippen molar-refractivity contribution in [1.82, 2.24) is 9.78 Å². The zero-order valence-corrected chi connectivity index (χ0v) is 18.3. The Morgan fingerprint density at radius 2 is 1.76 bits per heavy atom. The van der Waals surface area contributed by atoms with Crippen LogP contribution in [0.15, 0.2) is 48.5 Å². The van der Waals surface area contributed by atoms with Gasteiger partial charge in [0, 0.05) is 27.4 Å². The van der Waals surface area contributed by atoms with E-state index in [1.54, 1.807) is 30.3 Å². The van der Waals surface area contributed by atoms with Crippen molar-refractivity contribution in [2.24, 2.45) is 0 Å². The first-order chi connectivity index (χ1) is 15.7. The molecule has 2 aromatic carbocycles. The van der Waals surface area contributed by atoms with E-state index in [1.807, 2.05) is 0 Å². The van der Waals surface area contributed by atoms with Gasteiger partial charge in [-0.1, -0.05) is 48.4 Å². The molecule has 1 amide bonds. The Hall–Kier alpha value is -3.13. The van der Waals surface area contributed by atoms with Crippen molar-refractivity contribution in [1.29, 1.82) is 0 Å². The Morgan fingerprint density at radius 3 is 2.48 bits per heavy atom. The number of nitrogens with zero attached hydrogens (tertiary/aromatic N) is 2. The number of halogens is 4. The Bertz CT molecular complexity index is 1190. The number of rotatable bonds is 5. The molecule has 5 nitrogen and oxygen atoms in total. The maximum absolute atomic E-state index is 13.5. The minimum absolute atomic E-state index is 0.180. The monoisotopic (exact) mass is 475 g/mol. The van der Waals surface area contributed by atoms with Crippen LogP contribution in [-0.4, -0.2) is 21.5 Å². The van der Waals surface area contributed by atoms with E-state index in [0.717, 1.165) is 17.5 Å². The van der Waals surface area contributed by atoms with Crippen molar-refractivity contribution in [2.45, 2.75) is 44.8 Å². The second-order valence-electron chi connectivity index (χ2n) is 7.92. The van der Waals surface area contributed by atoms with Crippen molar-refractivity contribution < 1.29 is 22.8 Å². The molecule has 4 rings (SSSR count). The van der Waals surface area contributed by atoms with Crippen molar-refractivity contribution in [3.8, 4) is 0 Å². The molecule has 0 radical (unpaired) electrons. The molecule has 1 aromatic heterocycles. The molecule has 0 unspecified atom stereocenters. The van der Waals surface area contributed by atoms with Crippen LogP contribution in [0.5, 0.6) is 0 Å². The highest BCUT2D eigenvalue weighted by molar-refractivity contribution is 6.31. The standard InChI is InChI=1S/C24H21ClF3N3O2/c25-16-11-12-19(18(13-16)22(33)15-7-3-1-4-8-15)29-21(32)14-31-20-10-6-2-5-9-17(20)23(30-31)24(26,27)28/h1,3-4,7-8,11-13H,2,5-6,9-10,14H2,(H,29,32). The summed E-state index contributed by atoms with van der Waals surface area (Å²) in [5.41, 5.74) is 0.553. The van der Waals surface area contributed by atoms with Gasteiger partial charge in [-0.2, -0.15) is 18.3 Å². The van der Waals surface area contributed by atoms with E-state index in [9.17, 15) is 22.8 Å². The molecule has 0 atom stereocenters. The molecule has 1 N–H and O–H groups in total. The maximum atomic E-state index is 13.5. The Balaban J connectivity index is 1.61. The minimum atomic E-state index is -4.58. The summed E-state index contributed by atoms with van der Waals surface area (Å²) in [6.45, 7) is -0.389. The molecule has 0 spiro atoms. The first kappa shape index (κ1) is 23.0. The molecule has 33 heavy (non-hydrogen) atoms. The van der Waals surface area contributed by atoms with Crippen molar-refractivity contribution in [2.75, 3.05) is 5.32 Å². The number of anilines is 1. The molecule has 0 saturated carbocycles. The molecule has 0 fully saturated rings. The van der Waals surface area contributed by atoms with Gasteiger partial charge >= 0.3 is 6.18 Å². The van der Waals surface area contributed by atoms with E-state index in [0.29, 0.717) is 35.5 Å². The second-order valence-corrected chi connectivity index (χ2v) is 8.36. The van der Waals surface area contributed by atoms with Crippen LogP contribution in [0.3, 0.4) is 0 Å². The van der Waals surface area contributed by atoms with E-state index in [2.05, 4.69) is 10.4 Å². The third-order valence-electron chi connectivity index (χ3n) is 5.61. The summed E-state index contributed by atoms with van der Waals surface area (Å²) in [6, 6.07) is 13.0. The smallest absolute Gasteiger partial charge is 0.324 e. The van der Waals surface area contributed by atoms with Crippen LogP contribution in [0.1, 0.15) is 52.1 Å². The predicted octanol–water partition coefficient (Wildman–Crippen LogP) is 5.69. The number of nitrogens with one attached hydrogen (secondary N) is 1. The molecule has 0 bridgehead atoms. The lowest BCUT2D eigenvalue weighted by Crippen LogP contribution is -2.22. The van der Waals surface area contributed by atoms with Gasteiger partial charge in [-0.05, 0) is 43.9 Å². The highest BCUT2D eigenvalue weighted by atomic mass is 35.5. The molecule has 1 aliphatic rings. The first-order valence-electron chi connectivity index (χ1n) is 10.6. The maximum Gasteiger partial charge on any atom is 0.435 e. The fraction of sp³-hybridized carbons (Fsp3) is 0.292. The number of ketones is 1. The van der Waals surface area contributed by atoms with Crippen LogP contribution in [0.2, 0.25) is 5.02 Å². The van der Waals surface area contributed by atoms with Gasteiger partial charge in [-0.15, -0.1) is 0 Å². The lowest BCUT2D eigenvalue weighted by Gasteiger charge is -2.12. The summed E-state index contributed by atoms with van der Waals surface area (Å²) >= 11 is 6.07. The summed E-state index contributed by atoms with van der Waals surface area (Å²) in [7, 11) is 0. The number of carbonyl (C=O) groups excluding carboxylic acids is 2. The van der Waals surface area contributed by atoms with E-state index < -0.39 is 17.8 Å². The summed E-state index contributed by atoms with van der Waals surface area (Å²) in [4.78, 5) is 25.8. The van der Waals surface area contributed by atoms with Crippen LogP contribution in [0, 0.1) is 0 Å². The molecule has 1 aliphatic carbocycles. The number of alkyl halides is 3. The lowest BCUT2D eigenvalue weighted by molar-refractivity contribution is -0.142. The molecular formula is C24H21ClF3N3O2. The van der Waals surface area contributed by atoms with E-state index in [-0.39, 0.29) is 29.1 Å². The number of aromatic nitrogens is 2. The van der Waals surface area contributed by atoms with Gasteiger partial charge in [0.15, 0.2) is 11.5 Å². The fourth-order valence-electron chi connectivity index (χ4n) is 4.09. The third-order valence-corrected chi connectivity index (χ3v) is 5.84. The zero-order chi connectivity index (χ0) is 23.6. The number of fused-ring (bicyclic) bond motifs is 1. The van der Waals surface area contributed by atoms with E-state index in [1.165, 1.54) is 18.2 Å². The molecule has 0 aliphatic heterocycles. The summed E-state index contributed by atoms with van der Waals surface area (Å²) in [5, 5.41) is 6.71. The van der Waals surface area contributed by atoms with E-state index >= 15 is 0 Å². The number of hydrogen-bond acceptors (Lipinski definition) is 3. The van der Waals surface area contributed by atoms with Gasteiger partial charge in [0.1, 0.15) is 6.54 Å². The minimum Gasteiger partial charge on any atom is -0.324 e. The molecule has 3 aromatic rings. The average Bonchev–Trinajstić information content (AvgIpc) is 2.95. The van der Waals surface area contributed by atoms with Gasteiger partial charge in [0.05, 0.1) is 5.69 Å². The highest BCUT2D eigenvalue weighted by Gasteiger charge is 2.39. The fourth-order valence-corrected chi connectivity index (χ4v) is 4.26. The number of benzene rings is 2. The van der Waals surface area contributed by atoms with Crippen LogP contribution in [0.25, 0.3) is 0 Å². The first-order valence-corrected chi connectivity index (χ1v) is 11.0. The number of hydrogen-bond donors (Lipinski definition) is 1. The quantitative estimate of drug-likeness (QED) is 0.380. The van der Waals surface area contributed by atoms with Crippen molar-refractivity contribution in [3.05, 3.63) is 81.6 Å². The molecule has 172 valence electrons. The highest BCUT2D eigenvalue weighted by Crippen LogP contribution is 2.35. The van der Waals surface area contributed by atoms with Crippen molar-refractivity contribution in [3.63, 3.8) is 0 Å². The largest absolute Gasteiger partial charge is 0.435 e.